The molecule has 0 atom stereocenters. The molecule has 0 saturated heterocycles. The molecular formula is C24H29F3N2O2S. The number of oxime groups is 1. The predicted octanol–water partition coefficient (Wildman–Crippen LogP) is 6.43. The number of thiophene rings is 1. The van der Waals surface area contributed by atoms with Gasteiger partial charge in [-0.25, -0.2) is 0 Å². The van der Waals surface area contributed by atoms with Crippen molar-refractivity contribution in [1.82, 2.24) is 5.32 Å². The number of nitrogens with one attached hydrogen (secondary N) is 1. The van der Waals surface area contributed by atoms with E-state index in [4.69, 9.17) is 4.84 Å². The second-order valence-corrected chi connectivity index (χ2v) is 9.27. The fraction of sp³-hybridized carbons (Fsp3) is 0.500. The van der Waals surface area contributed by atoms with Crippen molar-refractivity contribution in [2.75, 3.05) is 6.54 Å². The van der Waals surface area contributed by atoms with Gasteiger partial charge in [-0.15, -0.1) is 11.3 Å². The molecular weight excluding hydrogens is 437 g/mol. The highest BCUT2D eigenvalue weighted by atomic mass is 32.1. The minimum Gasteiger partial charge on any atom is -0.391 e. The standard InChI is InChI=1S/C24H29F3N2O2S/c1-17(23-11-9-20(32-23)15-28-12-5-13-30)29-31-16-18-8-10-21(19-6-3-2-4-7-19)22(14-18)24(25,26)27/h8-11,13-14,19,28H,2-7,12,15-16H2,1H3/b29-17+. The largest absolute Gasteiger partial charge is 0.416 e. The molecule has 1 heterocycles. The third-order valence-electron chi connectivity index (χ3n) is 5.66. The Hall–Kier alpha value is -2.19. The summed E-state index contributed by atoms with van der Waals surface area (Å²) in [5, 5.41) is 7.28. The Labute approximate surface area is 190 Å². The second-order valence-electron chi connectivity index (χ2n) is 8.10. The number of hydrogen-bond acceptors (Lipinski definition) is 5. The van der Waals surface area contributed by atoms with Crippen molar-refractivity contribution in [3.63, 3.8) is 0 Å². The molecule has 0 spiro atoms. The van der Waals surface area contributed by atoms with E-state index in [0.717, 1.165) is 48.1 Å². The average molecular weight is 467 g/mol. The molecule has 4 nitrogen and oxygen atoms in total. The molecule has 0 amide bonds. The van der Waals surface area contributed by atoms with Crippen LogP contribution in [0.4, 0.5) is 13.2 Å². The minimum atomic E-state index is -4.38. The molecule has 1 aromatic carbocycles. The molecule has 0 bridgehead atoms. The van der Waals surface area contributed by atoms with Crippen LogP contribution in [0, 0.1) is 0 Å². The summed E-state index contributed by atoms with van der Waals surface area (Å²) in [7, 11) is 0. The maximum atomic E-state index is 13.7. The highest BCUT2D eigenvalue weighted by molar-refractivity contribution is 7.14. The summed E-state index contributed by atoms with van der Waals surface area (Å²) in [5.74, 6) is -0.0171. The summed E-state index contributed by atoms with van der Waals surface area (Å²) in [6, 6.07) is 8.47. The molecule has 1 aliphatic rings. The fourth-order valence-corrected chi connectivity index (χ4v) is 4.91. The molecule has 0 aliphatic heterocycles. The first kappa shape index (κ1) is 24.5. The van der Waals surface area contributed by atoms with Gasteiger partial charge in [0.25, 0.3) is 0 Å². The molecule has 3 rings (SSSR count). The first-order valence-corrected chi connectivity index (χ1v) is 11.8. The highest BCUT2D eigenvalue weighted by Crippen LogP contribution is 2.41. The van der Waals surface area contributed by atoms with E-state index in [2.05, 4.69) is 10.5 Å². The van der Waals surface area contributed by atoms with Crippen LogP contribution in [-0.2, 0) is 29.0 Å². The van der Waals surface area contributed by atoms with E-state index in [0.29, 0.717) is 36.3 Å². The summed E-state index contributed by atoms with van der Waals surface area (Å²) in [4.78, 5) is 17.8. The van der Waals surface area contributed by atoms with Gasteiger partial charge in [0, 0.05) is 24.4 Å². The molecule has 1 aliphatic carbocycles. The zero-order chi connectivity index (χ0) is 23.0. The Bertz CT molecular complexity index is 918. The molecule has 174 valence electrons. The van der Waals surface area contributed by atoms with Crippen molar-refractivity contribution in [3.05, 3.63) is 56.8 Å². The van der Waals surface area contributed by atoms with Gasteiger partial charge in [-0.05, 0) is 55.0 Å². The molecule has 1 aromatic heterocycles. The quantitative estimate of drug-likeness (QED) is 0.190. The van der Waals surface area contributed by atoms with Crippen molar-refractivity contribution >= 4 is 23.3 Å². The maximum absolute atomic E-state index is 13.7. The summed E-state index contributed by atoms with van der Waals surface area (Å²) in [6.07, 6.45) is 1.68. The Morgan fingerprint density at radius 3 is 2.72 bits per heavy atom. The molecule has 1 saturated carbocycles. The third-order valence-corrected chi connectivity index (χ3v) is 6.85. The van der Waals surface area contributed by atoms with Gasteiger partial charge in [0.2, 0.25) is 0 Å². The number of rotatable bonds is 10. The Morgan fingerprint density at radius 2 is 2.00 bits per heavy atom. The molecule has 0 radical (unpaired) electrons. The van der Waals surface area contributed by atoms with Crippen molar-refractivity contribution in [2.45, 2.75) is 70.7 Å². The topological polar surface area (TPSA) is 50.7 Å². The normalized spacial score (nSPS) is 15.7. The molecule has 1 N–H and O–H groups in total. The van der Waals surface area contributed by atoms with Gasteiger partial charge < -0.3 is 14.9 Å². The van der Waals surface area contributed by atoms with Crippen LogP contribution < -0.4 is 5.32 Å². The average Bonchev–Trinajstić information content (AvgIpc) is 3.26. The van der Waals surface area contributed by atoms with Crippen LogP contribution in [0.1, 0.15) is 77.8 Å². The van der Waals surface area contributed by atoms with E-state index in [-0.39, 0.29) is 12.5 Å². The first-order chi connectivity index (χ1) is 15.4. The minimum absolute atomic E-state index is 0.0170. The summed E-state index contributed by atoms with van der Waals surface area (Å²) < 4.78 is 41.1. The number of carbonyl (C=O) groups excluding carboxylic acids is 1. The third kappa shape index (κ3) is 6.90. The van der Waals surface area contributed by atoms with Crippen molar-refractivity contribution in [1.29, 1.82) is 0 Å². The molecule has 1 fully saturated rings. The number of nitrogens with zero attached hydrogens (tertiary/aromatic N) is 1. The Morgan fingerprint density at radius 1 is 1.22 bits per heavy atom. The number of carbonyl (C=O) groups is 1. The number of alkyl halides is 3. The molecule has 0 unspecified atom stereocenters. The van der Waals surface area contributed by atoms with Crippen LogP contribution in [0.3, 0.4) is 0 Å². The van der Waals surface area contributed by atoms with Gasteiger partial charge in [-0.1, -0.05) is 36.6 Å². The lowest BCUT2D eigenvalue weighted by atomic mass is 9.81. The number of benzene rings is 1. The SMILES string of the molecule is C/C(=N\OCc1ccc(C2CCCCC2)c(C(F)(F)F)c1)c1ccc(CNCCC=O)s1. The van der Waals surface area contributed by atoms with Crippen molar-refractivity contribution in [2.24, 2.45) is 5.16 Å². The van der Waals surface area contributed by atoms with E-state index in [1.54, 1.807) is 23.5 Å². The van der Waals surface area contributed by atoms with Crippen LogP contribution in [0.25, 0.3) is 0 Å². The lowest BCUT2D eigenvalue weighted by Gasteiger charge is -2.25. The summed E-state index contributed by atoms with van der Waals surface area (Å²) in [6.45, 7) is 3.09. The van der Waals surface area contributed by atoms with Crippen LogP contribution in [-0.4, -0.2) is 18.5 Å². The fourth-order valence-electron chi connectivity index (χ4n) is 4.00. The van der Waals surface area contributed by atoms with Gasteiger partial charge in [0.1, 0.15) is 12.9 Å². The van der Waals surface area contributed by atoms with Crippen LogP contribution in [0.5, 0.6) is 0 Å². The lowest BCUT2D eigenvalue weighted by molar-refractivity contribution is -0.138. The zero-order valence-corrected chi connectivity index (χ0v) is 19.0. The number of hydrogen-bond donors (Lipinski definition) is 1. The van der Waals surface area contributed by atoms with Crippen LogP contribution in [0.2, 0.25) is 0 Å². The van der Waals surface area contributed by atoms with E-state index >= 15 is 0 Å². The van der Waals surface area contributed by atoms with Gasteiger partial charge in [0.05, 0.1) is 16.2 Å². The van der Waals surface area contributed by atoms with E-state index in [1.165, 1.54) is 6.07 Å². The molecule has 32 heavy (non-hydrogen) atoms. The van der Waals surface area contributed by atoms with Gasteiger partial charge in [-0.3, -0.25) is 0 Å². The summed E-state index contributed by atoms with van der Waals surface area (Å²) in [5.41, 5.74) is 0.994. The van der Waals surface area contributed by atoms with Crippen molar-refractivity contribution in [3.8, 4) is 0 Å². The first-order valence-electron chi connectivity index (χ1n) is 11.0. The number of halogens is 3. The number of aldehydes is 1. The van der Waals surface area contributed by atoms with Gasteiger partial charge in [0.15, 0.2) is 0 Å². The molecule has 2 aromatic rings. The van der Waals surface area contributed by atoms with Crippen molar-refractivity contribution < 1.29 is 22.8 Å². The lowest BCUT2D eigenvalue weighted by Crippen LogP contribution is -2.15. The molecule has 8 heteroatoms. The Balaban J connectivity index is 1.61. The zero-order valence-electron chi connectivity index (χ0n) is 18.2. The summed E-state index contributed by atoms with van der Waals surface area (Å²) >= 11 is 1.56. The van der Waals surface area contributed by atoms with E-state index < -0.39 is 11.7 Å². The van der Waals surface area contributed by atoms with Gasteiger partial charge in [-0.2, -0.15) is 13.2 Å². The van der Waals surface area contributed by atoms with E-state index in [9.17, 15) is 18.0 Å². The highest BCUT2D eigenvalue weighted by Gasteiger charge is 2.35. The smallest absolute Gasteiger partial charge is 0.391 e. The van der Waals surface area contributed by atoms with Crippen LogP contribution in [0.15, 0.2) is 35.5 Å². The van der Waals surface area contributed by atoms with Crippen LogP contribution >= 0.6 is 11.3 Å². The predicted molar refractivity (Wildman–Crippen MR) is 121 cm³/mol. The Kier molecular flexibility index (Phi) is 8.87. The second kappa shape index (κ2) is 11.6. The van der Waals surface area contributed by atoms with E-state index in [1.807, 2.05) is 19.1 Å². The van der Waals surface area contributed by atoms with Gasteiger partial charge >= 0.3 is 6.18 Å². The maximum Gasteiger partial charge on any atom is 0.416 e. The monoisotopic (exact) mass is 466 g/mol.